The second kappa shape index (κ2) is 5.11. The molecule has 0 saturated carbocycles. The van der Waals surface area contributed by atoms with Crippen LogP contribution in [-0.4, -0.2) is 36.3 Å². The third-order valence-corrected chi connectivity index (χ3v) is 2.06. The quantitative estimate of drug-likeness (QED) is 0.851. The summed E-state index contributed by atoms with van der Waals surface area (Å²) in [6.45, 7) is 0. The maximum absolute atomic E-state index is 12.5. The Morgan fingerprint density at radius 1 is 1.44 bits per heavy atom. The van der Waals surface area contributed by atoms with Gasteiger partial charge in [0.1, 0.15) is 12.4 Å². The zero-order valence-corrected chi connectivity index (χ0v) is 8.88. The molecule has 0 saturated heterocycles. The largest absolute Gasteiger partial charge is 0.481 e. The van der Waals surface area contributed by atoms with Crippen LogP contribution in [0.2, 0.25) is 0 Å². The van der Waals surface area contributed by atoms with Crippen LogP contribution in [0.3, 0.4) is 0 Å². The maximum Gasteiger partial charge on any atom is 0.404 e. The van der Waals surface area contributed by atoms with Gasteiger partial charge in [-0.3, -0.25) is 0 Å². The molecule has 0 radical (unpaired) electrons. The molecule has 1 N–H and O–H groups in total. The number of rotatable bonds is 4. The van der Waals surface area contributed by atoms with Gasteiger partial charge in [-0.25, -0.2) is 9.97 Å². The number of ether oxygens (including phenoxy) is 1. The van der Waals surface area contributed by atoms with Crippen molar-refractivity contribution >= 4 is 0 Å². The van der Waals surface area contributed by atoms with Crippen LogP contribution in [-0.2, 0) is 6.42 Å². The van der Waals surface area contributed by atoms with E-state index in [0.717, 1.165) is 0 Å². The molecule has 0 aliphatic rings. The summed E-state index contributed by atoms with van der Waals surface area (Å²) in [5, 5.41) is 2.20. The molecular formula is C9H12F3N3O. The Hall–Kier alpha value is -1.37. The zero-order valence-electron chi connectivity index (χ0n) is 8.88. The number of alkyl halides is 3. The van der Waals surface area contributed by atoms with Gasteiger partial charge in [0.05, 0.1) is 7.11 Å². The van der Waals surface area contributed by atoms with Crippen LogP contribution < -0.4 is 10.1 Å². The Kier molecular flexibility index (Phi) is 4.05. The van der Waals surface area contributed by atoms with E-state index >= 15 is 0 Å². The predicted octanol–water partition coefficient (Wildman–Crippen LogP) is 1.18. The van der Waals surface area contributed by atoms with Crippen molar-refractivity contribution in [2.24, 2.45) is 0 Å². The fourth-order valence-electron chi connectivity index (χ4n) is 1.19. The lowest BCUT2D eigenvalue weighted by atomic mass is 10.1. The molecule has 0 fully saturated rings. The first-order valence-corrected chi connectivity index (χ1v) is 4.56. The minimum atomic E-state index is -4.30. The van der Waals surface area contributed by atoms with E-state index in [1.54, 1.807) is 0 Å². The van der Waals surface area contributed by atoms with E-state index in [2.05, 4.69) is 15.3 Å². The molecule has 7 heteroatoms. The maximum atomic E-state index is 12.5. The summed E-state index contributed by atoms with van der Waals surface area (Å²) in [5.74, 6) is 0.252. The summed E-state index contributed by atoms with van der Waals surface area (Å²) < 4.78 is 42.2. The summed E-state index contributed by atoms with van der Waals surface area (Å²) in [6, 6.07) is -0.233. The number of aromatic nitrogens is 2. The normalized spacial score (nSPS) is 13.6. The second-order valence-corrected chi connectivity index (χ2v) is 3.14. The highest BCUT2D eigenvalue weighted by atomic mass is 19.4. The molecule has 0 spiro atoms. The van der Waals surface area contributed by atoms with Crippen LogP contribution in [0, 0.1) is 0 Å². The Morgan fingerprint density at radius 3 is 2.62 bits per heavy atom. The third kappa shape index (κ3) is 3.34. The Balaban J connectivity index is 2.78. The van der Waals surface area contributed by atoms with Crippen LogP contribution in [0.5, 0.6) is 5.88 Å². The van der Waals surface area contributed by atoms with E-state index in [4.69, 9.17) is 4.74 Å². The Labute approximate surface area is 90.9 Å². The first kappa shape index (κ1) is 12.7. The monoisotopic (exact) mass is 235 g/mol. The first-order chi connectivity index (χ1) is 7.47. The molecule has 90 valence electrons. The lowest BCUT2D eigenvalue weighted by molar-refractivity contribution is -0.154. The average Bonchev–Trinajstić information content (AvgIpc) is 2.24. The minimum absolute atomic E-state index is 0.251. The highest BCUT2D eigenvalue weighted by Gasteiger charge is 2.38. The van der Waals surface area contributed by atoms with Gasteiger partial charge in [0.2, 0.25) is 5.88 Å². The van der Waals surface area contributed by atoms with Gasteiger partial charge in [0, 0.05) is 18.2 Å². The van der Waals surface area contributed by atoms with Gasteiger partial charge in [-0.2, -0.15) is 13.2 Å². The summed E-state index contributed by atoms with van der Waals surface area (Å²) in [6.07, 6.45) is -3.37. The third-order valence-electron chi connectivity index (χ3n) is 2.06. The highest BCUT2D eigenvalue weighted by Crippen LogP contribution is 2.22. The topological polar surface area (TPSA) is 47.0 Å². The Morgan fingerprint density at radius 2 is 2.12 bits per heavy atom. The SMILES string of the molecule is CNC(Cc1cc(OC)ncn1)C(F)(F)F. The van der Waals surface area contributed by atoms with Crippen molar-refractivity contribution in [3.05, 3.63) is 18.1 Å². The van der Waals surface area contributed by atoms with Crippen LogP contribution in [0.4, 0.5) is 13.2 Å². The molecule has 1 aromatic rings. The highest BCUT2D eigenvalue weighted by molar-refractivity contribution is 5.14. The van der Waals surface area contributed by atoms with Crippen LogP contribution in [0.1, 0.15) is 5.69 Å². The van der Waals surface area contributed by atoms with Crippen molar-refractivity contribution in [1.82, 2.24) is 15.3 Å². The average molecular weight is 235 g/mol. The zero-order chi connectivity index (χ0) is 12.2. The molecule has 4 nitrogen and oxygen atoms in total. The van der Waals surface area contributed by atoms with Crippen LogP contribution in [0.25, 0.3) is 0 Å². The fraction of sp³-hybridized carbons (Fsp3) is 0.556. The second-order valence-electron chi connectivity index (χ2n) is 3.14. The molecule has 16 heavy (non-hydrogen) atoms. The van der Waals surface area contributed by atoms with Gasteiger partial charge in [0.15, 0.2) is 0 Å². The summed E-state index contributed by atoms with van der Waals surface area (Å²) in [5.41, 5.74) is 0.281. The van der Waals surface area contributed by atoms with Crippen molar-refractivity contribution in [2.75, 3.05) is 14.2 Å². The Bertz CT molecular complexity index is 343. The summed E-state index contributed by atoms with van der Waals surface area (Å²) >= 11 is 0. The lowest BCUT2D eigenvalue weighted by Crippen LogP contribution is -2.41. The van der Waals surface area contributed by atoms with Gasteiger partial charge >= 0.3 is 6.18 Å². The molecule has 0 amide bonds. The van der Waals surface area contributed by atoms with Crippen molar-refractivity contribution in [1.29, 1.82) is 0 Å². The van der Waals surface area contributed by atoms with E-state index in [1.807, 2.05) is 0 Å². The molecule has 1 heterocycles. The van der Waals surface area contributed by atoms with Gasteiger partial charge < -0.3 is 10.1 Å². The number of nitrogens with one attached hydrogen (secondary N) is 1. The fourth-order valence-corrected chi connectivity index (χ4v) is 1.19. The molecular weight excluding hydrogens is 223 g/mol. The van der Waals surface area contributed by atoms with E-state index in [0.29, 0.717) is 0 Å². The van der Waals surface area contributed by atoms with Crippen molar-refractivity contribution < 1.29 is 17.9 Å². The van der Waals surface area contributed by atoms with E-state index in [9.17, 15) is 13.2 Å². The lowest BCUT2D eigenvalue weighted by Gasteiger charge is -2.18. The van der Waals surface area contributed by atoms with Gasteiger partial charge in [-0.1, -0.05) is 0 Å². The standard InChI is InChI=1S/C9H12F3N3O/c1-13-7(9(10,11)12)3-6-4-8(16-2)15-5-14-6/h4-5,7,13H,3H2,1-2H3. The molecule has 0 bridgehead atoms. The minimum Gasteiger partial charge on any atom is -0.481 e. The van der Waals surface area contributed by atoms with E-state index in [1.165, 1.54) is 26.6 Å². The molecule has 1 aromatic heterocycles. The number of nitrogens with zero attached hydrogens (tertiary/aromatic N) is 2. The van der Waals surface area contributed by atoms with E-state index < -0.39 is 12.2 Å². The smallest absolute Gasteiger partial charge is 0.404 e. The van der Waals surface area contributed by atoms with Gasteiger partial charge in [-0.15, -0.1) is 0 Å². The number of hydrogen-bond acceptors (Lipinski definition) is 4. The first-order valence-electron chi connectivity index (χ1n) is 4.56. The van der Waals surface area contributed by atoms with Crippen molar-refractivity contribution in [3.8, 4) is 5.88 Å². The van der Waals surface area contributed by atoms with Crippen LogP contribution >= 0.6 is 0 Å². The van der Waals surface area contributed by atoms with Gasteiger partial charge in [0.25, 0.3) is 0 Å². The molecule has 1 atom stereocenters. The predicted molar refractivity (Wildman–Crippen MR) is 51.2 cm³/mol. The number of halogens is 3. The number of methoxy groups -OCH3 is 1. The number of likely N-dealkylation sites (N-methyl/N-ethyl adjacent to an activating group) is 1. The number of hydrogen-bond donors (Lipinski definition) is 1. The summed E-state index contributed by atoms with van der Waals surface area (Å²) in [4.78, 5) is 7.48. The summed E-state index contributed by atoms with van der Waals surface area (Å²) in [7, 11) is 2.65. The molecule has 1 rings (SSSR count). The molecule has 0 aliphatic heterocycles. The van der Waals surface area contributed by atoms with Crippen molar-refractivity contribution in [3.63, 3.8) is 0 Å². The molecule has 0 aromatic carbocycles. The van der Waals surface area contributed by atoms with Crippen LogP contribution in [0.15, 0.2) is 12.4 Å². The van der Waals surface area contributed by atoms with Crippen molar-refractivity contribution in [2.45, 2.75) is 18.6 Å². The van der Waals surface area contributed by atoms with Gasteiger partial charge in [-0.05, 0) is 7.05 Å². The molecule has 1 unspecified atom stereocenters. The molecule has 0 aliphatic carbocycles. The van der Waals surface area contributed by atoms with E-state index in [-0.39, 0.29) is 18.0 Å².